The van der Waals surface area contributed by atoms with E-state index in [4.69, 9.17) is 4.74 Å². The number of methoxy groups -OCH3 is 1. The lowest BCUT2D eigenvalue weighted by molar-refractivity contribution is -0.146. The number of nitrogens with zero attached hydrogens (tertiary/aromatic N) is 2. The molecule has 1 aromatic carbocycles. The van der Waals surface area contributed by atoms with Gasteiger partial charge in [0.2, 0.25) is 11.8 Å². The molecule has 0 N–H and O–H groups in total. The van der Waals surface area contributed by atoms with Gasteiger partial charge in [-0.25, -0.2) is 0 Å². The molecule has 2 saturated heterocycles. The fourth-order valence-electron chi connectivity index (χ4n) is 3.74. The molecule has 2 aliphatic rings. The van der Waals surface area contributed by atoms with Crippen LogP contribution >= 0.6 is 0 Å². The molecule has 6 nitrogen and oxygen atoms in total. The van der Waals surface area contributed by atoms with E-state index in [1.807, 2.05) is 30.3 Å². The first-order chi connectivity index (χ1) is 12.1. The second kappa shape index (κ2) is 7.68. The molecule has 25 heavy (non-hydrogen) atoms. The zero-order valence-electron chi connectivity index (χ0n) is 14.5. The van der Waals surface area contributed by atoms with Crippen molar-refractivity contribution in [2.24, 2.45) is 5.92 Å². The van der Waals surface area contributed by atoms with E-state index in [0.717, 1.165) is 24.9 Å². The Hall–Kier alpha value is -2.37. The van der Waals surface area contributed by atoms with Crippen LogP contribution in [0, 0.1) is 5.92 Å². The zero-order chi connectivity index (χ0) is 17.8. The summed E-state index contributed by atoms with van der Waals surface area (Å²) in [5.41, 5.74) is 0.826. The van der Waals surface area contributed by atoms with Gasteiger partial charge < -0.3 is 14.5 Å². The van der Waals surface area contributed by atoms with Crippen LogP contribution < -0.4 is 4.90 Å². The number of rotatable bonds is 4. The van der Waals surface area contributed by atoms with Gasteiger partial charge in [0.15, 0.2) is 0 Å². The Kier molecular flexibility index (Phi) is 5.36. The van der Waals surface area contributed by atoms with Gasteiger partial charge in [-0.2, -0.15) is 0 Å². The number of amides is 2. The highest BCUT2D eigenvalue weighted by atomic mass is 16.5. The van der Waals surface area contributed by atoms with E-state index in [1.165, 1.54) is 7.11 Å². The molecule has 134 valence electrons. The Balaban J connectivity index is 1.69. The van der Waals surface area contributed by atoms with Gasteiger partial charge in [0.25, 0.3) is 0 Å². The van der Waals surface area contributed by atoms with Crippen molar-refractivity contribution in [3.8, 4) is 0 Å². The maximum Gasteiger partial charge on any atom is 0.307 e. The van der Waals surface area contributed by atoms with Crippen LogP contribution in [0.25, 0.3) is 0 Å². The number of likely N-dealkylation sites (tertiary alicyclic amines) is 1. The third-order valence-electron chi connectivity index (χ3n) is 5.08. The molecule has 0 aromatic heterocycles. The van der Waals surface area contributed by atoms with Gasteiger partial charge >= 0.3 is 5.97 Å². The Bertz CT molecular complexity index is 646. The van der Waals surface area contributed by atoms with E-state index in [2.05, 4.69) is 0 Å². The van der Waals surface area contributed by atoms with Gasteiger partial charge in [0.05, 0.1) is 19.4 Å². The molecule has 0 radical (unpaired) electrons. The summed E-state index contributed by atoms with van der Waals surface area (Å²) in [5.74, 6) is -0.671. The lowest BCUT2D eigenvalue weighted by atomic mass is 9.96. The van der Waals surface area contributed by atoms with Gasteiger partial charge in [-0.05, 0) is 31.4 Å². The van der Waals surface area contributed by atoms with Crippen LogP contribution in [-0.2, 0) is 19.1 Å². The number of anilines is 1. The third kappa shape index (κ3) is 3.83. The fourth-order valence-corrected chi connectivity index (χ4v) is 3.74. The Labute approximate surface area is 147 Å². The lowest BCUT2D eigenvalue weighted by Crippen LogP contribution is -2.47. The molecule has 3 rings (SSSR count). The molecule has 2 amide bonds. The van der Waals surface area contributed by atoms with E-state index < -0.39 is 0 Å². The minimum atomic E-state index is -0.342. The van der Waals surface area contributed by atoms with Crippen molar-refractivity contribution in [1.82, 2.24) is 4.90 Å². The molecule has 2 heterocycles. The van der Waals surface area contributed by atoms with Gasteiger partial charge in [-0.3, -0.25) is 14.4 Å². The monoisotopic (exact) mass is 344 g/mol. The number of para-hydroxylation sites is 1. The van der Waals surface area contributed by atoms with Crippen LogP contribution in [0.2, 0.25) is 0 Å². The highest BCUT2D eigenvalue weighted by Crippen LogP contribution is 2.29. The Morgan fingerprint density at radius 2 is 1.96 bits per heavy atom. The highest BCUT2D eigenvalue weighted by molar-refractivity contribution is 6.00. The smallest absolute Gasteiger partial charge is 0.307 e. The first-order valence-corrected chi connectivity index (χ1v) is 8.83. The van der Waals surface area contributed by atoms with Crippen LogP contribution in [0.5, 0.6) is 0 Å². The van der Waals surface area contributed by atoms with Crippen LogP contribution in [-0.4, -0.2) is 48.9 Å². The highest BCUT2D eigenvalue weighted by Gasteiger charge is 2.39. The normalized spacial score (nSPS) is 23.6. The predicted octanol–water partition coefficient (Wildman–Crippen LogP) is 1.98. The van der Waals surface area contributed by atoms with E-state index in [0.29, 0.717) is 13.1 Å². The van der Waals surface area contributed by atoms with E-state index >= 15 is 0 Å². The number of hydrogen-bond acceptors (Lipinski definition) is 4. The third-order valence-corrected chi connectivity index (χ3v) is 5.08. The van der Waals surface area contributed by atoms with Crippen LogP contribution in [0.15, 0.2) is 30.3 Å². The van der Waals surface area contributed by atoms with Crippen molar-refractivity contribution < 1.29 is 19.1 Å². The van der Waals surface area contributed by atoms with Crippen LogP contribution in [0.4, 0.5) is 5.69 Å². The lowest BCUT2D eigenvalue weighted by Gasteiger charge is -2.36. The van der Waals surface area contributed by atoms with Crippen molar-refractivity contribution in [1.29, 1.82) is 0 Å². The number of piperidine rings is 1. The average molecular weight is 344 g/mol. The molecular formula is C19H24N2O4. The van der Waals surface area contributed by atoms with Crippen molar-refractivity contribution in [2.75, 3.05) is 25.1 Å². The molecule has 6 heteroatoms. The summed E-state index contributed by atoms with van der Waals surface area (Å²) < 4.78 is 4.76. The maximum absolute atomic E-state index is 13.0. The first-order valence-electron chi connectivity index (χ1n) is 8.83. The molecule has 0 unspecified atom stereocenters. The summed E-state index contributed by atoms with van der Waals surface area (Å²) in [7, 11) is 1.37. The van der Waals surface area contributed by atoms with Crippen molar-refractivity contribution >= 4 is 23.5 Å². The topological polar surface area (TPSA) is 66.9 Å². The summed E-state index contributed by atoms with van der Waals surface area (Å²) in [6.07, 6.45) is 3.21. The number of hydrogen-bond donors (Lipinski definition) is 0. The van der Waals surface area contributed by atoms with Gasteiger partial charge in [0.1, 0.15) is 0 Å². The maximum atomic E-state index is 13.0. The zero-order valence-corrected chi connectivity index (χ0v) is 14.5. The van der Waals surface area contributed by atoms with Crippen LogP contribution in [0.1, 0.15) is 32.1 Å². The molecule has 2 fully saturated rings. The summed E-state index contributed by atoms with van der Waals surface area (Å²) in [6.45, 7) is 1.06. The quantitative estimate of drug-likeness (QED) is 0.784. The number of carbonyl (C=O) groups is 3. The van der Waals surface area contributed by atoms with Gasteiger partial charge in [-0.15, -0.1) is 0 Å². The largest absolute Gasteiger partial charge is 0.469 e. The number of ether oxygens (including phenoxy) is 1. The minimum absolute atomic E-state index is 0.0135. The summed E-state index contributed by atoms with van der Waals surface area (Å²) >= 11 is 0. The SMILES string of the molecule is COC(=O)C[C@@H]1CCCCN1C(=O)[C@@H]1CC(=O)N(c2ccccc2)C1. The fraction of sp³-hybridized carbons (Fsp3) is 0.526. The van der Waals surface area contributed by atoms with E-state index in [-0.39, 0.29) is 42.6 Å². The predicted molar refractivity (Wildman–Crippen MR) is 92.9 cm³/mol. The summed E-state index contributed by atoms with van der Waals surface area (Å²) in [4.78, 5) is 40.5. The Morgan fingerprint density at radius 1 is 1.20 bits per heavy atom. The molecule has 2 atom stereocenters. The molecule has 0 saturated carbocycles. The minimum Gasteiger partial charge on any atom is -0.469 e. The van der Waals surface area contributed by atoms with E-state index in [1.54, 1.807) is 9.80 Å². The molecule has 0 bridgehead atoms. The number of esters is 1. The van der Waals surface area contributed by atoms with Gasteiger partial charge in [0, 0.05) is 31.2 Å². The first kappa shape index (κ1) is 17.5. The van der Waals surface area contributed by atoms with Crippen LogP contribution in [0.3, 0.4) is 0 Å². The molecule has 1 aromatic rings. The molecule has 0 aliphatic carbocycles. The molecular weight excluding hydrogens is 320 g/mol. The number of benzene rings is 1. The van der Waals surface area contributed by atoms with Gasteiger partial charge in [-0.1, -0.05) is 18.2 Å². The van der Waals surface area contributed by atoms with Crippen molar-refractivity contribution in [3.05, 3.63) is 30.3 Å². The number of carbonyl (C=O) groups excluding carboxylic acids is 3. The van der Waals surface area contributed by atoms with Crippen molar-refractivity contribution in [3.63, 3.8) is 0 Å². The van der Waals surface area contributed by atoms with E-state index in [9.17, 15) is 14.4 Å². The molecule has 2 aliphatic heterocycles. The summed E-state index contributed by atoms with van der Waals surface area (Å²) in [6, 6.07) is 9.31. The average Bonchev–Trinajstić information content (AvgIpc) is 3.04. The summed E-state index contributed by atoms with van der Waals surface area (Å²) in [5, 5.41) is 0. The molecule has 0 spiro atoms. The second-order valence-corrected chi connectivity index (χ2v) is 6.70. The second-order valence-electron chi connectivity index (χ2n) is 6.70. The standard InChI is InChI=1S/C19H24N2O4/c1-25-18(23)12-16-9-5-6-10-20(16)19(24)14-11-17(22)21(13-14)15-7-3-2-4-8-15/h2-4,7-8,14,16H,5-6,9-13H2,1H3/t14-,16+/m1/s1. The Morgan fingerprint density at radius 3 is 2.68 bits per heavy atom. The van der Waals surface area contributed by atoms with Crippen molar-refractivity contribution in [2.45, 2.75) is 38.1 Å².